The van der Waals surface area contributed by atoms with Crippen LogP contribution in [0.3, 0.4) is 0 Å². The van der Waals surface area contributed by atoms with Gasteiger partial charge in [-0.05, 0) is 24.1 Å². The maximum absolute atomic E-state index is 11.8. The van der Waals surface area contributed by atoms with Gasteiger partial charge in [-0.1, -0.05) is 37.0 Å². The van der Waals surface area contributed by atoms with Crippen molar-refractivity contribution < 1.29 is 4.79 Å². The average molecular weight is 271 g/mol. The van der Waals surface area contributed by atoms with Crippen molar-refractivity contribution in [2.24, 2.45) is 5.92 Å². The van der Waals surface area contributed by atoms with Gasteiger partial charge in [0, 0.05) is 5.56 Å². The molecule has 90 valence electrons. The van der Waals surface area contributed by atoms with Crippen LogP contribution in [0.1, 0.15) is 24.2 Å². The van der Waals surface area contributed by atoms with Gasteiger partial charge >= 0.3 is 0 Å². The monoisotopic (exact) mass is 270 g/mol. The molecular formula is C12H12Cl2N2O. The Balaban J connectivity index is 2.83. The highest BCUT2D eigenvalue weighted by atomic mass is 35.5. The zero-order chi connectivity index (χ0) is 13.0. The van der Waals surface area contributed by atoms with Gasteiger partial charge in [-0.25, -0.2) is 0 Å². The lowest BCUT2D eigenvalue weighted by atomic mass is 10.1. The highest BCUT2D eigenvalue weighted by Gasteiger charge is 2.16. The smallest absolute Gasteiger partial charge is 0.252 e. The number of benzene rings is 1. The Hall–Kier alpha value is -1.24. The molecule has 1 aromatic carbocycles. The van der Waals surface area contributed by atoms with E-state index in [0.29, 0.717) is 15.6 Å². The van der Waals surface area contributed by atoms with E-state index in [4.69, 9.17) is 28.5 Å². The Morgan fingerprint density at radius 2 is 2.00 bits per heavy atom. The summed E-state index contributed by atoms with van der Waals surface area (Å²) in [6.45, 7) is 3.73. The van der Waals surface area contributed by atoms with E-state index < -0.39 is 6.04 Å². The Morgan fingerprint density at radius 3 is 2.47 bits per heavy atom. The zero-order valence-electron chi connectivity index (χ0n) is 9.50. The van der Waals surface area contributed by atoms with Crippen LogP contribution in [-0.4, -0.2) is 11.9 Å². The molecule has 0 aliphatic carbocycles. The summed E-state index contributed by atoms with van der Waals surface area (Å²) in [6, 6.07) is 6.12. The number of amides is 1. The lowest BCUT2D eigenvalue weighted by Crippen LogP contribution is -2.37. The van der Waals surface area contributed by atoms with Crippen LogP contribution in [0, 0.1) is 17.2 Å². The van der Waals surface area contributed by atoms with Crippen LogP contribution in [0.25, 0.3) is 0 Å². The van der Waals surface area contributed by atoms with Gasteiger partial charge in [0.25, 0.3) is 5.91 Å². The fourth-order valence-electron chi connectivity index (χ4n) is 1.21. The molecule has 0 bridgehead atoms. The van der Waals surface area contributed by atoms with Gasteiger partial charge in [0.2, 0.25) is 0 Å². The van der Waals surface area contributed by atoms with E-state index >= 15 is 0 Å². The molecule has 5 heteroatoms. The maximum atomic E-state index is 11.8. The van der Waals surface area contributed by atoms with Crippen LogP contribution in [0.5, 0.6) is 0 Å². The maximum Gasteiger partial charge on any atom is 0.252 e. The Bertz CT molecular complexity index is 466. The van der Waals surface area contributed by atoms with E-state index in [1.165, 1.54) is 6.07 Å². The van der Waals surface area contributed by atoms with Gasteiger partial charge < -0.3 is 5.32 Å². The molecule has 0 aromatic heterocycles. The topological polar surface area (TPSA) is 52.9 Å². The minimum Gasteiger partial charge on any atom is -0.336 e. The van der Waals surface area contributed by atoms with Crippen molar-refractivity contribution in [1.29, 1.82) is 5.26 Å². The normalized spacial score (nSPS) is 12.0. The molecule has 1 N–H and O–H groups in total. The van der Waals surface area contributed by atoms with Crippen LogP contribution >= 0.6 is 23.2 Å². The Kier molecular flexibility index (Phi) is 4.80. The average Bonchev–Trinajstić information content (AvgIpc) is 2.28. The summed E-state index contributed by atoms with van der Waals surface area (Å²) in [5.41, 5.74) is 0.389. The van der Waals surface area contributed by atoms with Crippen LogP contribution < -0.4 is 5.32 Å². The molecule has 0 spiro atoms. The second-order valence-corrected chi connectivity index (χ2v) is 4.77. The van der Waals surface area contributed by atoms with E-state index in [1.807, 2.05) is 19.9 Å². The summed E-state index contributed by atoms with van der Waals surface area (Å²) in [6.07, 6.45) is 0. The van der Waals surface area contributed by atoms with Crippen LogP contribution in [0.2, 0.25) is 10.0 Å². The number of hydrogen-bond donors (Lipinski definition) is 1. The van der Waals surface area contributed by atoms with Crippen LogP contribution in [0.4, 0.5) is 0 Å². The molecule has 0 radical (unpaired) electrons. The van der Waals surface area contributed by atoms with Crippen molar-refractivity contribution in [3.05, 3.63) is 33.8 Å². The fraction of sp³-hybridized carbons (Fsp3) is 0.333. The van der Waals surface area contributed by atoms with Crippen molar-refractivity contribution in [2.45, 2.75) is 19.9 Å². The van der Waals surface area contributed by atoms with E-state index in [-0.39, 0.29) is 11.8 Å². The van der Waals surface area contributed by atoms with Gasteiger partial charge in [0.15, 0.2) is 0 Å². The molecule has 1 rings (SSSR count). The van der Waals surface area contributed by atoms with Gasteiger partial charge in [-0.15, -0.1) is 0 Å². The molecule has 1 unspecified atom stereocenters. The second-order valence-electron chi connectivity index (χ2n) is 3.95. The molecule has 1 aromatic rings. The van der Waals surface area contributed by atoms with Crippen molar-refractivity contribution in [1.82, 2.24) is 5.32 Å². The summed E-state index contributed by atoms with van der Waals surface area (Å²) in [7, 11) is 0. The van der Waals surface area contributed by atoms with Crippen molar-refractivity contribution in [3.63, 3.8) is 0 Å². The number of carbonyl (C=O) groups excluding carboxylic acids is 1. The molecule has 0 fully saturated rings. The molecular weight excluding hydrogens is 259 g/mol. The van der Waals surface area contributed by atoms with Gasteiger partial charge in [-0.3, -0.25) is 4.79 Å². The number of halogens is 2. The molecule has 0 saturated heterocycles. The zero-order valence-corrected chi connectivity index (χ0v) is 11.0. The first-order valence-electron chi connectivity index (χ1n) is 5.11. The van der Waals surface area contributed by atoms with Gasteiger partial charge in [0.05, 0.1) is 16.1 Å². The minimum atomic E-state index is -0.517. The summed E-state index contributed by atoms with van der Waals surface area (Å²) in [5.74, 6) is -0.282. The molecule has 1 amide bonds. The molecule has 0 saturated carbocycles. The number of hydrogen-bond acceptors (Lipinski definition) is 2. The fourth-order valence-corrected chi connectivity index (χ4v) is 1.51. The van der Waals surface area contributed by atoms with E-state index in [1.54, 1.807) is 12.1 Å². The van der Waals surface area contributed by atoms with Crippen LogP contribution in [-0.2, 0) is 0 Å². The Labute approximate surface area is 110 Å². The summed E-state index contributed by atoms with van der Waals surface area (Å²) >= 11 is 11.6. The third kappa shape index (κ3) is 3.62. The quantitative estimate of drug-likeness (QED) is 0.917. The van der Waals surface area contributed by atoms with E-state index in [9.17, 15) is 4.79 Å². The SMILES string of the molecule is CC(C)C(C#N)NC(=O)c1ccc(Cl)c(Cl)c1. The number of nitrogens with zero attached hydrogens (tertiary/aromatic N) is 1. The predicted octanol–water partition coefficient (Wildman–Crippen LogP) is 3.27. The van der Waals surface area contributed by atoms with Gasteiger partial charge in [0.1, 0.15) is 6.04 Å². The molecule has 0 aliphatic heterocycles. The Morgan fingerprint density at radius 1 is 1.35 bits per heavy atom. The minimum absolute atomic E-state index is 0.0479. The lowest BCUT2D eigenvalue weighted by molar-refractivity contribution is 0.0937. The highest BCUT2D eigenvalue weighted by Crippen LogP contribution is 2.22. The van der Waals surface area contributed by atoms with Crippen molar-refractivity contribution in [3.8, 4) is 6.07 Å². The first-order valence-corrected chi connectivity index (χ1v) is 5.87. The molecule has 3 nitrogen and oxygen atoms in total. The summed E-state index contributed by atoms with van der Waals surface area (Å²) in [4.78, 5) is 11.8. The predicted molar refractivity (Wildman–Crippen MR) is 68.2 cm³/mol. The first-order chi connectivity index (χ1) is 7.95. The highest BCUT2D eigenvalue weighted by molar-refractivity contribution is 6.42. The van der Waals surface area contributed by atoms with E-state index in [0.717, 1.165) is 0 Å². The first kappa shape index (κ1) is 13.8. The van der Waals surface area contributed by atoms with Crippen molar-refractivity contribution in [2.75, 3.05) is 0 Å². The lowest BCUT2D eigenvalue weighted by Gasteiger charge is -2.14. The molecule has 17 heavy (non-hydrogen) atoms. The standard InChI is InChI=1S/C12H12Cl2N2O/c1-7(2)11(6-15)16-12(17)8-3-4-9(13)10(14)5-8/h3-5,7,11H,1-2H3,(H,16,17). The number of nitrogens with one attached hydrogen (secondary N) is 1. The molecule has 0 aliphatic rings. The third-order valence-electron chi connectivity index (χ3n) is 2.27. The summed E-state index contributed by atoms with van der Waals surface area (Å²) < 4.78 is 0. The number of nitriles is 1. The van der Waals surface area contributed by atoms with Crippen molar-refractivity contribution >= 4 is 29.1 Å². The summed E-state index contributed by atoms with van der Waals surface area (Å²) in [5, 5.41) is 12.2. The van der Waals surface area contributed by atoms with Crippen LogP contribution in [0.15, 0.2) is 18.2 Å². The molecule has 1 atom stereocenters. The number of carbonyl (C=O) groups is 1. The number of rotatable bonds is 3. The van der Waals surface area contributed by atoms with E-state index in [2.05, 4.69) is 5.32 Å². The van der Waals surface area contributed by atoms with Gasteiger partial charge in [-0.2, -0.15) is 5.26 Å². The second kappa shape index (κ2) is 5.90. The largest absolute Gasteiger partial charge is 0.336 e. The third-order valence-corrected chi connectivity index (χ3v) is 3.01. The molecule has 0 heterocycles.